The van der Waals surface area contributed by atoms with Crippen molar-refractivity contribution < 1.29 is 22.7 Å². The first-order valence-corrected chi connectivity index (χ1v) is 11.7. The van der Waals surface area contributed by atoms with Crippen molar-refractivity contribution in [3.05, 3.63) is 53.6 Å². The van der Waals surface area contributed by atoms with Crippen LogP contribution in [0, 0.1) is 0 Å². The van der Waals surface area contributed by atoms with Gasteiger partial charge in [0.15, 0.2) is 5.69 Å². The molecule has 2 N–H and O–H groups in total. The van der Waals surface area contributed by atoms with E-state index in [1.54, 1.807) is 29.2 Å². The van der Waals surface area contributed by atoms with E-state index in [1.807, 2.05) is 13.0 Å². The van der Waals surface area contributed by atoms with Crippen LogP contribution in [0.2, 0.25) is 0 Å². The lowest BCUT2D eigenvalue weighted by atomic mass is 9.89. The molecule has 4 aromatic rings. The lowest BCUT2D eigenvalue weighted by Crippen LogP contribution is -2.33. The zero-order valence-electron chi connectivity index (χ0n) is 18.4. The topological polar surface area (TPSA) is 111 Å². The van der Waals surface area contributed by atoms with E-state index in [-0.39, 0.29) is 28.4 Å². The van der Waals surface area contributed by atoms with Gasteiger partial charge in [-0.2, -0.15) is 23.4 Å². The maximum Gasteiger partial charge on any atom is 0.435 e. The van der Waals surface area contributed by atoms with E-state index in [2.05, 4.69) is 30.6 Å². The molecule has 9 nitrogen and oxygen atoms in total. The molecular weight excluding hydrogens is 483 g/mol. The summed E-state index contributed by atoms with van der Waals surface area (Å²) < 4.78 is 47.0. The van der Waals surface area contributed by atoms with Gasteiger partial charge in [-0.25, -0.2) is 4.98 Å². The number of nitrogens with zero attached hydrogens (tertiary/aromatic N) is 5. The number of thiazole rings is 1. The molecule has 0 aliphatic heterocycles. The molecule has 1 amide bonds. The van der Waals surface area contributed by atoms with Crippen molar-refractivity contribution in [2.75, 3.05) is 11.9 Å². The average Bonchev–Trinajstić information content (AvgIpc) is 3.55. The summed E-state index contributed by atoms with van der Waals surface area (Å²) >= 11 is 0.926. The molecule has 0 unspecified atom stereocenters. The molecule has 1 fully saturated rings. The molecule has 0 spiro atoms. The van der Waals surface area contributed by atoms with E-state index in [9.17, 15) is 18.0 Å². The Morgan fingerprint density at radius 3 is 2.89 bits per heavy atom. The third kappa shape index (κ3) is 4.68. The Morgan fingerprint density at radius 2 is 2.17 bits per heavy atom. The van der Waals surface area contributed by atoms with Gasteiger partial charge < -0.3 is 10.1 Å². The zero-order chi connectivity index (χ0) is 24.6. The molecule has 182 valence electrons. The molecule has 0 saturated heterocycles. The molecule has 5 rings (SSSR count). The highest BCUT2D eigenvalue weighted by molar-refractivity contribution is 7.13. The molecule has 4 heterocycles. The minimum Gasteiger partial charge on any atom is -0.378 e. The van der Waals surface area contributed by atoms with Crippen LogP contribution in [0.15, 0.2) is 42.2 Å². The number of amides is 1. The van der Waals surface area contributed by atoms with Crippen LogP contribution in [0.4, 0.5) is 18.9 Å². The van der Waals surface area contributed by atoms with Gasteiger partial charge in [-0.05, 0) is 31.9 Å². The molecular formula is C22H20F3N7O2S. The van der Waals surface area contributed by atoms with Crippen molar-refractivity contribution >= 4 is 22.9 Å². The number of aromatic nitrogens is 6. The second-order valence-electron chi connectivity index (χ2n) is 7.93. The molecule has 35 heavy (non-hydrogen) atoms. The number of alkyl halides is 3. The maximum absolute atomic E-state index is 13.2. The van der Waals surface area contributed by atoms with Gasteiger partial charge in [-0.1, -0.05) is 6.07 Å². The highest BCUT2D eigenvalue weighted by Gasteiger charge is 2.38. The first-order valence-electron chi connectivity index (χ1n) is 10.8. The van der Waals surface area contributed by atoms with Crippen LogP contribution < -0.4 is 5.32 Å². The van der Waals surface area contributed by atoms with Gasteiger partial charge in [0, 0.05) is 30.6 Å². The molecule has 0 aromatic carbocycles. The second kappa shape index (κ2) is 9.23. The molecule has 0 bridgehead atoms. The summed E-state index contributed by atoms with van der Waals surface area (Å²) in [5.41, 5.74) is 0.195. The van der Waals surface area contributed by atoms with Crippen LogP contribution in [0.5, 0.6) is 0 Å². The Labute approximate surface area is 201 Å². The Kier molecular flexibility index (Phi) is 6.11. The van der Waals surface area contributed by atoms with Gasteiger partial charge in [-0.3, -0.25) is 19.6 Å². The third-order valence-electron chi connectivity index (χ3n) is 5.61. The first kappa shape index (κ1) is 23.2. The monoisotopic (exact) mass is 503 g/mol. The van der Waals surface area contributed by atoms with Gasteiger partial charge in [-0.15, -0.1) is 11.3 Å². The standard InChI is InChI=1S/C22H20F3N7O2S/c1-2-34-13-7-12(8-13)32-10-16(18(31-32)15-5-3-4-6-26-15)28-20(33)17-11-35-21(29-17)14-9-27-30-19(14)22(23,24)25/h3-6,9-13H,2,7-8H2,1H3,(H,27,30)(H,28,33)/t12-,13+. The van der Waals surface area contributed by atoms with Gasteiger partial charge >= 0.3 is 6.18 Å². The third-order valence-corrected chi connectivity index (χ3v) is 6.49. The summed E-state index contributed by atoms with van der Waals surface area (Å²) in [6.45, 7) is 2.60. The second-order valence-corrected chi connectivity index (χ2v) is 8.78. The summed E-state index contributed by atoms with van der Waals surface area (Å²) in [5, 5.41) is 14.4. The molecule has 0 radical (unpaired) electrons. The summed E-state index contributed by atoms with van der Waals surface area (Å²) in [6, 6.07) is 5.51. The highest BCUT2D eigenvalue weighted by Crippen LogP contribution is 2.38. The molecule has 0 atom stereocenters. The minimum absolute atomic E-state index is 0.0147. The van der Waals surface area contributed by atoms with Crippen LogP contribution in [0.3, 0.4) is 0 Å². The number of ether oxygens (including phenoxy) is 1. The van der Waals surface area contributed by atoms with Crippen LogP contribution in [0.1, 0.15) is 42.0 Å². The quantitative estimate of drug-likeness (QED) is 0.375. The molecule has 13 heteroatoms. The normalized spacial score (nSPS) is 17.8. The molecule has 1 aliphatic carbocycles. The van der Waals surface area contributed by atoms with Gasteiger partial charge in [0.25, 0.3) is 5.91 Å². The van der Waals surface area contributed by atoms with Crippen molar-refractivity contribution in [1.82, 2.24) is 29.9 Å². The first-order chi connectivity index (χ1) is 16.8. The van der Waals surface area contributed by atoms with E-state index >= 15 is 0 Å². The molecule has 1 saturated carbocycles. The zero-order valence-corrected chi connectivity index (χ0v) is 19.2. The van der Waals surface area contributed by atoms with E-state index in [0.717, 1.165) is 30.4 Å². The van der Waals surface area contributed by atoms with Gasteiger partial charge in [0.2, 0.25) is 0 Å². The lowest BCUT2D eigenvalue weighted by molar-refractivity contribution is -0.140. The Bertz CT molecular complexity index is 1330. The Balaban J connectivity index is 1.39. The summed E-state index contributed by atoms with van der Waals surface area (Å²) in [6.07, 6.45) is 1.64. The fraction of sp³-hybridized carbons (Fsp3) is 0.318. The number of hydrogen-bond donors (Lipinski definition) is 2. The SMILES string of the molecule is CCO[C@H]1C[C@@H](n2cc(NC(=O)c3csc(-c4c[nH]nc4C(F)(F)F)n3)c(-c3ccccn3)n2)C1. The number of anilines is 1. The number of aromatic amines is 1. The van der Waals surface area contributed by atoms with Crippen molar-refractivity contribution in [3.8, 4) is 22.0 Å². The van der Waals surface area contributed by atoms with Crippen LogP contribution in [-0.2, 0) is 10.9 Å². The van der Waals surface area contributed by atoms with E-state index in [1.165, 1.54) is 5.38 Å². The number of pyridine rings is 1. The van der Waals surface area contributed by atoms with E-state index < -0.39 is 17.8 Å². The predicted octanol–water partition coefficient (Wildman–Crippen LogP) is 4.80. The smallest absolute Gasteiger partial charge is 0.378 e. The molecule has 4 aromatic heterocycles. The Morgan fingerprint density at radius 1 is 1.34 bits per heavy atom. The van der Waals surface area contributed by atoms with E-state index in [0.29, 0.717) is 23.7 Å². The number of halogens is 3. The fourth-order valence-electron chi connectivity index (χ4n) is 3.85. The number of H-pyrrole nitrogens is 1. The fourth-order valence-corrected chi connectivity index (χ4v) is 4.66. The number of carbonyl (C=O) groups excluding carboxylic acids is 1. The van der Waals surface area contributed by atoms with Crippen LogP contribution in [-0.4, -0.2) is 48.6 Å². The number of carbonyl (C=O) groups is 1. The van der Waals surface area contributed by atoms with Crippen LogP contribution in [0.25, 0.3) is 22.0 Å². The summed E-state index contributed by atoms with van der Waals surface area (Å²) in [5.74, 6) is -0.568. The predicted molar refractivity (Wildman–Crippen MR) is 122 cm³/mol. The van der Waals surface area contributed by atoms with Gasteiger partial charge in [0.1, 0.15) is 16.4 Å². The minimum atomic E-state index is -4.64. The van der Waals surface area contributed by atoms with E-state index in [4.69, 9.17) is 4.74 Å². The number of hydrogen-bond acceptors (Lipinski definition) is 7. The van der Waals surface area contributed by atoms with Crippen molar-refractivity contribution in [2.24, 2.45) is 0 Å². The number of rotatable bonds is 7. The highest BCUT2D eigenvalue weighted by atomic mass is 32.1. The van der Waals surface area contributed by atoms with Crippen molar-refractivity contribution in [1.29, 1.82) is 0 Å². The molecule has 1 aliphatic rings. The number of nitrogens with one attached hydrogen (secondary N) is 2. The van der Waals surface area contributed by atoms with Crippen molar-refractivity contribution in [2.45, 2.75) is 38.1 Å². The largest absolute Gasteiger partial charge is 0.435 e. The Hall–Kier alpha value is -3.58. The summed E-state index contributed by atoms with van der Waals surface area (Å²) in [4.78, 5) is 21.4. The summed E-state index contributed by atoms with van der Waals surface area (Å²) in [7, 11) is 0. The van der Waals surface area contributed by atoms with Crippen LogP contribution >= 0.6 is 11.3 Å². The van der Waals surface area contributed by atoms with Gasteiger partial charge in [0.05, 0.1) is 29.1 Å². The maximum atomic E-state index is 13.2. The average molecular weight is 504 g/mol. The van der Waals surface area contributed by atoms with Crippen molar-refractivity contribution in [3.63, 3.8) is 0 Å². The lowest BCUT2D eigenvalue weighted by Gasteiger charge is -2.34.